The predicted molar refractivity (Wildman–Crippen MR) is 84.5 cm³/mol. The molecule has 0 aliphatic carbocycles. The summed E-state index contributed by atoms with van der Waals surface area (Å²) in [6.07, 6.45) is 4.56. The molecular formula is C16H23NO3S. The van der Waals surface area contributed by atoms with Crippen LogP contribution in [0.25, 0.3) is 0 Å². The summed E-state index contributed by atoms with van der Waals surface area (Å²) in [6, 6.07) is 4.21. The summed E-state index contributed by atoms with van der Waals surface area (Å²) in [5.41, 5.74) is 1.28. The second-order valence-corrected chi connectivity index (χ2v) is 6.37. The topological polar surface area (TPSA) is 39.7 Å². The van der Waals surface area contributed by atoms with Gasteiger partial charge in [0.15, 0.2) is 11.5 Å². The lowest BCUT2D eigenvalue weighted by molar-refractivity contribution is 0.0547. The molecule has 1 N–H and O–H groups in total. The lowest BCUT2D eigenvalue weighted by Gasteiger charge is -2.23. The van der Waals surface area contributed by atoms with Crippen molar-refractivity contribution in [2.75, 3.05) is 39.2 Å². The van der Waals surface area contributed by atoms with Crippen LogP contribution in [0, 0.1) is 5.92 Å². The largest absolute Gasteiger partial charge is 0.486 e. The SMILES string of the molecule is CSc1cc2c(cc1CNCC1CCCOC1)OCCO2. The van der Waals surface area contributed by atoms with Crippen molar-refractivity contribution in [3.63, 3.8) is 0 Å². The van der Waals surface area contributed by atoms with Gasteiger partial charge in [-0.05, 0) is 42.7 Å². The average Bonchev–Trinajstić information content (AvgIpc) is 2.55. The van der Waals surface area contributed by atoms with Crippen LogP contribution in [0.1, 0.15) is 18.4 Å². The van der Waals surface area contributed by atoms with Crippen molar-refractivity contribution in [2.24, 2.45) is 5.92 Å². The monoisotopic (exact) mass is 309 g/mol. The van der Waals surface area contributed by atoms with Crippen LogP contribution in [-0.4, -0.2) is 39.2 Å². The summed E-state index contributed by atoms with van der Waals surface area (Å²) in [4.78, 5) is 1.26. The smallest absolute Gasteiger partial charge is 0.162 e. The number of nitrogens with one attached hydrogen (secondary N) is 1. The Morgan fingerprint density at radius 1 is 1.19 bits per heavy atom. The van der Waals surface area contributed by atoms with Crippen LogP contribution in [0.2, 0.25) is 0 Å². The molecule has 2 aliphatic rings. The maximum absolute atomic E-state index is 5.68. The van der Waals surface area contributed by atoms with E-state index in [9.17, 15) is 0 Å². The van der Waals surface area contributed by atoms with Crippen molar-refractivity contribution in [1.29, 1.82) is 0 Å². The van der Waals surface area contributed by atoms with Crippen LogP contribution in [0.4, 0.5) is 0 Å². The van der Waals surface area contributed by atoms with Crippen molar-refractivity contribution in [1.82, 2.24) is 5.32 Å². The molecule has 3 rings (SSSR count). The first-order valence-electron chi connectivity index (χ1n) is 7.62. The highest BCUT2D eigenvalue weighted by atomic mass is 32.2. The maximum atomic E-state index is 5.68. The molecule has 1 fully saturated rings. The van der Waals surface area contributed by atoms with Gasteiger partial charge in [0.2, 0.25) is 0 Å². The van der Waals surface area contributed by atoms with E-state index in [1.54, 1.807) is 11.8 Å². The molecular weight excluding hydrogens is 286 g/mol. The lowest BCUT2D eigenvalue weighted by atomic mass is 10.0. The van der Waals surface area contributed by atoms with E-state index in [0.29, 0.717) is 19.1 Å². The lowest BCUT2D eigenvalue weighted by Crippen LogP contribution is -2.29. The molecule has 2 heterocycles. The second-order valence-electron chi connectivity index (χ2n) is 5.52. The Bertz CT molecular complexity index is 475. The second kappa shape index (κ2) is 7.38. The number of rotatable bonds is 5. The van der Waals surface area contributed by atoms with E-state index in [4.69, 9.17) is 14.2 Å². The van der Waals surface area contributed by atoms with Gasteiger partial charge >= 0.3 is 0 Å². The summed E-state index contributed by atoms with van der Waals surface area (Å²) < 4.78 is 16.8. The highest BCUT2D eigenvalue weighted by molar-refractivity contribution is 7.98. The summed E-state index contributed by atoms with van der Waals surface area (Å²) in [6.45, 7) is 4.97. The standard InChI is InChI=1S/C16H23NO3S/c1-21-16-8-15-14(19-5-6-20-15)7-13(16)10-17-9-12-3-2-4-18-11-12/h7-8,12,17H,2-6,9-11H2,1H3. The minimum atomic E-state index is 0.637. The first-order chi connectivity index (χ1) is 10.4. The van der Waals surface area contributed by atoms with Crippen LogP contribution in [0.3, 0.4) is 0 Å². The predicted octanol–water partition coefficient (Wildman–Crippen LogP) is 2.70. The fourth-order valence-corrected chi connectivity index (χ4v) is 3.44. The summed E-state index contributed by atoms with van der Waals surface area (Å²) in [7, 11) is 0. The molecule has 4 nitrogen and oxygen atoms in total. The van der Waals surface area contributed by atoms with Gasteiger partial charge in [-0.25, -0.2) is 0 Å². The average molecular weight is 309 g/mol. The van der Waals surface area contributed by atoms with Crippen molar-refractivity contribution in [3.05, 3.63) is 17.7 Å². The Hall–Kier alpha value is -0.910. The van der Waals surface area contributed by atoms with Crippen molar-refractivity contribution >= 4 is 11.8 Å². The van der Waals surface area contributed by atoms with E-state index in [2.05, 4.69) is 23.7 Å². The highest BCUT2D eigenvalue weighted by Crippen LogP contribution is 2.36. The molecule has 1 aromatic rings. The van der Waals surface area contributed by atoms with Gasteiger partial charge in [-0.15, -0.1) is 11.8 Å². The minimum Gasteiger partial charge on any atom is -0.486 e. The Kier molecular flexibility index (Phi) is 5.27. The molecule has 0 radical (unpaired) electrons. The van der Waals surface area contributed by atoms with Gasteiger partial charge in [0.05, 0.1) is 6.61 Å². The molecule has 5 heteroatoms. The summed E-state index contributed by atoms with van der Waals surface area (Å²) in [5.74, 6) is 2.39. The van der Waals surface area contributed by atoms with Crippen molar-refractivity contribution < 1.29 is 14.2 Å². The molecule has 0 saturated carbocycles. The van der Waals surface area contributed by atoms with Gasteiger partial charge in [0, 0.05) is 24.6 Å². The summed E-state index contributed by atoms with van der Waals surface area (Å²) >= 11 is 1.75. The van der Waals surface area contributed by atoms with Gasteiger partial charge in [-0.2, -0.15) is 0 Å². The molecule has 1 atom stereocenters. The van der Waals surface area contributed by atoms with E-state index in [-0.39, 0.29) is 0 Å². The zero-order valence-corrected chi connectivity index (χ0v) is 13.3. The van der Waals surface area contributed by atoms with Crippen LogP contribution < -0.4 is 14.8 Å². The normalized spacial score (nSPS) is 21.3. The van der Waals surface area contributed by atoms with Gasteiger partial charge in [-0.1, -0.05) is 0 Å². The van der Waals surface area contributed by atoms with E-state index in [1.807, 2.05) is 0 Å². The molecule has 0 bridgehead atoms. The van der Waals surface area contributed by atoms with Gasteiger partial charge in [-0.3, -0.25) is 0 Å². The number of hydrogen-bond acceptors (Lipinski definition) is 5. The van der Waals surface area contributed by atoms with E-state index in [1.165, 1.54) is 23.3 Å². The highest BCUT2D eigenvalue weighted by Gasteiger charge is 2.17. The Morgan fingerprint density at radius 2 is 2.00 bits per heavy atom. The first-order valence-corrected chi connectivity index (χ1v) is 8.84. The maximum Gasteiger partial charge on any atom is 0.162 e. The fourth-order valence-electron chi connectivity index (χ4n) is 2.82. The zero-order valence-electron chi connectivity index (χ0n) is 12.5. The van der Waals surface area contributed by atoms with Gasteiger partial charge < -0.3 is 19.5 Å². The van der Waals surface area contributed by atoms with Crippen LogP contribution in [-0.2, 0) is 11.3 Å². The van der Waals surface area contributed by atoms with E-state index in [0.717, 1.165) is 37.8 Å². The zero-order chi connectivity index (χ0) is 14.5. The molecule has 0 amide bonds. The number of benzene rings is 1. The van der Waals surface area contributed by atoms with Crippen LogP contribution >= 0.6 is 11.8 Å². The molecule has 0 spiro atoms. The third-order valence-electron chi connectivity index (χ3n) is 3.95. The van der Waals surface area contributed by atoms with Crippen LogP contribution in [0.15, 0.2) is 17.0 Å². The number of thioether (sulfide) groups is 1. The van der Waals surface area contributed by atoms with Gasteiger partial charge in [0.25, 0.3) is 0 Å². The Balaban J connectivity index is 1.61. The fraction of sp³-hybridized carbons (Fsp3) is 0.625. The first kappa shape index (κ1) is 15.0. The van der Waals surface area contributed by atoms with Crippen molar-refractivity contribution in [3.8, 4) is 11.5 Å². The molecule has 0 aromatic heterocycles. The molecule has 2 aliphatic heterocycles. The number of ether oxygens (including phenoxy) is 3. The van der Waals surface area contributed by atoms with Gasteiger partial charge in [0.1, 0.15) is 13.2 Å². The third-order valence-corrected chi connectivity index (χ3v) is 4.77. The van der Waals surface area contributed by atoms with E-state index >= 15 is 0 Å². The minimum absolute atomic E-state index is 0.637. The molecule has 21 heavy (non-hydrogen) atoms. The Morgan fingerprint density at radius 3 is 2.71 bits per heavy atom. The molecule has 1 saturated heterocycles. The number of fused-ring (bicyclic) bond motifs is 1. The number of hydrogen-bond donors (Lipinski definition) is 1. The third kappa shape index (κ3) is 3.84. The van der Waals surface area contributed by atoms with Crippen LogP contribution in [0.5, 0.6) is 11.5 Å². The molecule has 1 unspecified atom stereocenters. The Labute approximate surface area is 130 Å². The van der Waals surface area contributed by atoms with E-state index < -0.39 is 0 Å². The summed E-state index contributed by atoms with van der Waals surface area (Å²) in [5, 5.41) is 3.56. The molecule has 116 valence electrons. The van der Waals surface area contributed by atoms with Crippen molar-refractivity contribution in [2.45, 2.75) is 24.3 Å². The quantitative estimate of drug-likeness (QED) is 0.847. The molecule has 1 aromatic carbocycles.